The predicted molar refractivity (Wildman–Crippen MR) is 74.5 cm³/mol. The fraction of sp³-hybridized carbons (Fsp3) is 0.467. The summed E-state index contributed by atoms with van der Waals surface area (Å²) >= 11 is 6.35. The number of carbonyl (C=O) groups excluding carboxylic acids is 2. The zero-order chi connectivity index (χ0) is 14.6. The quantitative estimate of drug-likeness (QED) is 0.932. The Morgan fingerprint density at radius 1 is 1.29 bits per heavy atom. The fourth-order valence-corrected chi connectivity index (χ4v) is 3.29. The number of halogens is 1. The van der Waals surface area contributed by atoms with Crippen LogP contribution in [0.25, 0.3) is 0 Å². The Labute approximate surface area is 126 Å². The summed E-state index contributed by atoms with van der Waals surface area (Å²) in [5.74, 6) is 0.0617. The Hall–Kier alpha value is -1.75. The van der Waals surface area contributed by atoms with Crippen molar-refractivity contribution in [2.24, 2.45) is 0 Å². The SMILES string of the molecule is O=C1NC(=O)C(c2c3c(cc(Cl)c2OC2CC2)CCC3)O1. The maximum absolute atomic E-state index is 12.0. The van der Waals surface area contributed by atoms with Crippen LogP contribution in [0.4, 0.5) is 4.79 Å². The molecular weight excluding hydrogens is 294 g/mol. The monoisotopic (exact) mass is 307 g/mol. The van der Waals surface area contributed by atoms with Gasteiger partial charge in [0.15, 0.2) is 0 Å². The van der Waals surface area contributed by atoms with E-state index in [0.29, 0.717) is 16.3 Å². The molecule has 1 unspecified atom stereocenters. The van der Waals surface area contributed by atoms with Crippen LogP contribution in [-0.2, 0) is 22.4 Å². The van der Waals surface area contributed by atoms with Gasteiger partial charge in [-0.15, -0.1) is 0 Å². The minimum absolute atomic E-state index is 0.154. The molecule has 2 aliphatic carbocycles. The molecule has 0 aromatic heterocycles. The molecule has 0 radical (unpaired) electrons. The molecule has 2 fully saturated rings. The third-order valence-electron chi connectivity index (χ3n) is 4.11. The summed E-state index contributed by atoms with van der Waals surface area (Å²) in [6.45, 7) is 0. The van der Waals surface area contributed by atoms with Crippen molar-refractivity contribution in [1.29, 1.82) is 0 Å². The molecule has 1 heterocycles. The Bertz CT molecular complexity index is 654. The topological polar surface area (TPSA) is 64.6 Å². The lowest BCUT2D eigenvalue weighted by atomic mass is 9.97. The van der Waals surface area contributed by atoms with Gasteiger partial charge in [0.05, 0.1) is 11.1 Å². The van der Waals surface area contributed by atoms with E-state index in [9.17, 15) is 9.59 Å². The summed E-state index contributed by atoms with van der Waals surface area (Å²) in [5.41, 5.74) is 2.81. The van der Waals surface area contributed by atoms with Crippen molar-refractivity contribution in [3.8, 4) is 5.75 Å². The van der Waals surface area contributed by atoms with Crippen LogP contribution < -0.4 is 10.1 Å². The number of carbonyl (C=O) groups is 2. The molecule has 4 rings (SSSR count). The highest BCUT2D eigenvalue weighted by Crippen LogP contribution is 2.45. The number of hydrogen-bond donors (Lipinski definition) is 1. The molecule has 5 nitrogen and oxygen atoms in total. The lowest BCUT2D eigenvalue weighted by Gasteiger charge is -2.19. The van der Waals surface area contributed by atoms with E-state index in [1.165, 1.54) is 0 Å². The van der Waals surface area contributed by atoms with E-state index in [1.54, 1.807) is 0 Å². The van der Waals surface area contributed by atoms with Gasteiger partial charge in [0.1, 0.15) is 5.75 Å². The van der Waals surface area contributed by atoms with Gasteiger partial charge < -0.3 is 9.47 Å². The van der Waals surface area contributed by atoms with Crippen molar-refractivity contribution in [2.45, 2.75) is 44.3 Å². The molecule has 0 spiro atoms. The summed E-state index contributed by atoms with van der Waals surface area (Å²) in [5, 5.41) is 2.67. The van der Waals surface area contributed by atoms with Crippen molar-refractivity contribution in [1.82, 2.24) is 5.32 Å². The molecule has 1 aromatic carbocycles. The number of fused-ring (bicyclic) bond motifs is 1. The Morgan fingerprint density at radius 3 is 2.76 bits per heavy atom. The molecule has 1 saturated heterocycles. The first-order chi connectivity index (χ1) is 10.1. The first-order valence-corrected chi connectivity index (χ1v) is 7.53. The first-order valence-electron chi connectivity index (χ1n) is 7.16. The smallest absolute Gasteiger partial charge is 0.415 e. The van der Waals surface area contributed by atoms with Crippen molar-refractivity contribution in [3.05, 3.63) is 27.8 Å². The average Bonchev–Trinajstić information content (AvgIpc) is 3.03. The molecule has 6 heteroatoms. The second-order valence-corrected chi connectivity index (χ2v) is 6.09. The van der Waals surface area contributed by atoms with Gasteiger partial charge in [0, 0.05) is 5.56 Å². The average molecular weight is 308 g/mol. The first kappa shape index (κ1) is 13.0. The van der Waals surface area contributed by atoms with Crippen LogP contribution in [0.1, 0.15) is 42.1 Å². The van der Waals surface area contributed by atoms with Crippen LogP contribution >= 0.6 is 11.6 Å². The maximum atomic E-state index is 12.0. The molecule has 0 bridgehead atoms. The molecule has 3 aliphatic rings. The van der Waals surface area contributed by atoms with Crippen molar-refractivity contribution < 1.29 is 19.1 Å². The number of rotatable bonds is 3. The number of alkyl carbamates (subject to hydrolysis) is 1. The number of cyclic esters (lactones) is 1. The van der Waals surface area contributed by atoms with Gasteiger partial charge in [-0.3, -0.25) is 10.1 Å². The van der Waals surface area contributed by atoms with Gasteiger partial charge in [-0.05, 0) is 49.3 Å². The Balaban J connectivity index is 1.85. The summed E-state index contributed by atoms with van der Waals surface area (Å²) in [6.07, 6.45) is 3.26. The third kappa shape index (κ3) is 2.16. The van der Waals surface area contributed by atoms with Gasteiger partial charge in [0.25, 0.3) is 5.91 Å². The zero-order valence-electron chi connectivity index (χ0n) is 11.3. The summed E-state index contributed by atoms with van der Waals surface area (Å²) in [6, 6.07) is 1.92. The normalized spacial score (nSPS) is 23.8. The number of aryl methyl sites for hydroxylation is 1. The second-order valence-electron chi connectivity index (χ2n) is 5.68. The van der Waals surface area contributed by atoms with Crippen molar-refractivity contribution in [3.63, 3.8) is 0 Å². The molecule has 1 atom stereocenters. The lowest BCUT2D eigenvalue weighted by Crippen LogP contribution is -2.21. The maximum Gasteiger partial charge on any atom is 0.415 e. The molecule has 2 amide bonds. The summed E-state index contributed by atoms with van der Waals surface area (Å²) in [7, 11) is 0. The largest absolute Gasteiger partial charge is 0.488 e. The zero-order valence-corrected chi connectivity index (χ0v) is 12.0. The van der Waals surface area contributed by atoms with E-state index >= 15 is 0 Å². The number of amides is 2. The van der Waals surface area contributed by atoms with Gasteiger partial charge in [-0.2, -0.15) is 0 Å². The highest BCUT2D eigenvalue weighted by Gasteiger charge is 2.40. The van der Waals surface area contributed by atoms with Gasteiger partial charge >= 0.3 is 6.09 Å². The standard InChI is InChI=1S/C15H14ClNO4/c16-10-6-7-2-1-3-9(7)11(12(10)20-8-4-5-8)13-14(18)17-15(19)21-13/h6,8,13H,1-5H2,(H,17,18,19). The van der Waals surface area contributed by atoms with Gasteiger partial charge in [0.2, 0.25) is 6.10 Å². The Kier molecular flexibility index (Phi) is 2.85. The number of benzene rings is 1. The van der Waals surface area contributed by atoms with E-state index in [4.69, 9.17) is 21.1 Å². The van der Waals surface area contributed by atoms with Crippen LogP contribution in [0.15, 0.2) is 6.07 Å². The number of nitrogens with one attached hydrogen (secondary N) is 1. The summed E-state index contributed by atoms with van der Waals surface area (Å²) < 4.78 is 11.0. The predicted octanol–water partition coefficient (Wildman–Crippen LogP) is 2.68. The number of ether oxygens (including phenoxy) is 2. The van der Waals surface area contributed by atoms with Crippen LogP contribution in [-0.4, -0.2) is 18.1 Å². The van der Waals surface area contributed by atoms with Gasteiger partial charge in [-0.25, -0.2) is 4.79 Å². The van der Waals surface area contributed by atoms with Crippen LogP contribution in [0.2, 0.25) is 5.02 Å². The molecule has 1 aliphatic heterocycles. The van der Waals surface area contributed by atoms with Crippen LogP contribution in [0.3, 0.4) is 0 Å². The fourth-order valence-electron chi connectivity index (χ4n) is 3.01. The van der Waals surface area contributed by atoms with Crippen molar-refractivity contribution >= 4 is 23.6 Å². The Morgan fingerprint density at radius 2 is 2.10 bits per heavy atom. The molecule has 21 heavy (non-hydrogen) atoms. The van der Waals surface area contributed by atoms with E-state index in [2.05, 4.69) is 5.32 Å². The van der Waals surface area contributed by atoms with E-state index in [1.807, 2.05) is 6.07 Å². The summed E-state index contributed by atoms with van der Waals surface area (Å²) in [4.78, 5) is 23.3. The highest BCUT2D eigenvalue weighted by molar-refractivity contribution is 6.32. The van der Waals surface area contributed by atoms with E-state index in [-0.39, 0.29) is 6.10 Å². The molecule has 110 valence electrons. The van der Waals surface area contributed by atoms with Crippen LogP contribution in [0, 0.1) is 0 Å². The molecule has 1 saturated carbocycles. The lowest BCUT2D eigenvalue weighted by molar-refractivity contribution is -0.123. The highest BCUT2D eigenvalue weighted by atomic mass is 35.5. The minimum atomic E-state index is -0.947. The second kappa shape index (κ2) is 4.63. The van der Waals surface area contributed by atoms with Gasteiger partial charge in [-0.1, -0.05) is 11.6 Å². The van der Waals surface area contributed by atoms with E-state index in [0.717, 1.165) is 43.2 Å². The molecule has 1 aromatic rings. The number of hydrogen-bond acceptors (Lipinski definition) is 4. The third-order valence-corrected chi connectivity index (χ3v) is 4.39. The molecular formula is C15H14ClNO4. The number of imide groups is 1. The minimum Gasteiger partial charge on any atom is -0.488 e. The van der Waals surface area contributed by atoms with Crippen molar-refractivity contribution in [2.75, 3.05) is 0 Å². The van der Waals surface area contributed by atoms with E-state index < -0.39 is 18.1 Å². The van der Waals surface area contributed by atoms with Crippen LogP contribution in [0.5, 0.6) is 5.75 Å². The molecule has 1 N–H and O–H groups in total.